The van der Waals surface area contributed by atoms with Crippen LogP contribution >= 0.6 is 15.9 Å². The van der Waals surface area contributed by atoms with Gasteiger partial charge >= 0.3 is 0 Å². The summed E-state index contributed by atoms with van der Waals surface area (Å²) in [6.07, 6.45) is 1.22. The van der Waals surface area contributed by atoms with E-state index in [-0.39, 0.29) is 24.6 Å². The van der Waals surface area contributed by atoms with Crippen LogP contribution < -0.4 is 9.62 Å². The number of hydrogen-bond acceptors (Lipinski definition) is 4. The van der Waals surface area contributed by atoms with E-state index < -0.39 is 34.3 Å². The minimum atomic E-state index is -3.90. The van der Waals surface area contributed by atoms with Crippen molar-refractivity contribution in [2.24, 2.45) is 0 Å². The summed E-state index contributed by atoms with van der Waals surface area (Å²) in [5, 5.41) is 2.80. The number of benzene rings is 3. The molecule has 0 aliphatic carbocycles. The van der Waals surface area contributed by atoms with Crippen molar-refractivity contribution in [3.05, 3.63) is 100 Å². The Morgan fingerprint density at radius 1 is 0.946 bits per heavy atom. The Hall–Kier alpha value is -3.24. The van der Waals surface area contributed by atoms with Crippen LogP contribution in [0.25, 0.3) is 0 Å². The molecule has 1 atom stereocenters. The predicted molar refractivity (Wildman–Crippen MR) is 146 cm³/mol. The molecule has 0 saturated heterocycles. The van der Waals surface area contributed by atoms with E-state index in [0.29, 0.717) is 6.54 Å². The molecule has 196 valence electrons. The lowest BCUT2D eigenvalue weighted by Crippen LogP contribution is -2.53. The van der Waals surface area contributed by atoms with Crippen molar-refractivity contribution in [3.63, 3.8) is 0 Å². The standard InChI is InChI=1S/C27H29BrFN3O4S/c1-3-30-27(34)25(17-20-7-5-4-6-8-20)31(18-21-9-11-22(28)12-10-21)26(33)19-32(37(2,35)36)24-15-13-23(29)14-16-24/h4-16,25H,3,17-19H2,1-2H3,(H,30,34). The summed E-state index contributed by atoms with van der Waals surface area (Å²) < 4.78 is 40.6. The summed E-state index contributed by atoms with van der Waals surface area (Å²) in [7, 11) is -3.90. The molecule has 3 aromatic carbocycles. The highest BCUT2D eigenvalue weighted by Gasteiger charge is 2.32. The number of anilines is 1. The van der Waals surface area contributed by atoms with Gasteiger partial charge < -0.3 is 10.2 Å². The van der Waals surface area contributed by atoms with Gasteiger partial charge in [-0.15, -0.1) is 0 Å². The Bertz CT molecular complexity index is 1300. The number of nitrogens with zero attached hydrogens (tertiary/aromatic N) is 2. The molecule has 3 rings (SSSR count). The Balaban J connectivity index is 2.02. The zero-order valence-corrected chi connectivity index (χ0v) is 23.0. The quantitative estimate of drug-likeness (QED) is 0.364. The molecule has 0 radical (unpaired) electrons. The number of sulfonamides is 1. The van der Waals surface area contributed by atoms with E-state index in [2.05, 4.69) is 21.2 Å². The molecule has 0 aliphatic rings. The van der Waals surface area contributed by atoms with E-state index >= 15 is 0 Å². The molecule has 0 fully saturated rings. The van der Waals surface area contributed by atoms with Crippen LogP contribution in [0.5, 0.6) is 0 Å². The van der Waals surface area contributed by atoms with Crippen LogP contribution in [-0.2, 0) is 32.6 Å². The summed E-state index contributed by atoms with van der Waals surface area (Å²) >= 11 is 3.40. The summed E-state index contributed by atoms with van der Waals surface area (Å²) in [4.78, 5) is 28.5. The summed E-state index contributed by atoms with van der Waals surface area (Å²) in [5.41, 5.74) is 1.77. The van der Waals surface area contributed by atoms with E-state index in [4.69, 9.17) is 0 Å². The van der Waals surface area contributed by atoms with Gasteiger partial charge in [0, 0.05) is 24.0 Å². The molecular weight excluding hydrogens is 561 g/mol. The van der Waals surface area contributed by atoms with E-state index in [1.165, 1.54) is 17.0 Å². The van der Waals surface area contributed by atoms with Gasteiger partial charge in [0.2, 0.25) is 21.8 Å². The number of halogens is 2. The predicted octanol–water partition coefficient (Wildman–Crippen LogP) is 4.13. The molecule has 10 heteroatoms. The lowest BCUT2D eigenvalue weighted by Gasteiger charge is -2.33. The van der Waals surface area contributed by atoms with Crippen molar-refractivity contribution in [1.29, 1.82) is 0 Å². The van der Waals surface area contributed by atoms with Crippen LogP contribution in [0.4, 0.5) is 10.1 Å². The second-order valence-electron chi connectivity index (χ2n) is 8.49. The topological polar surface area (TPSA) is 86.8 Å². The molecule has 3 aromatic rings. The average molecular weight is 591 g/mol. The molecule has 0 bridgehead atoms. The molecule has 7 nitrogen and oxygen atoms in total. The maximum atomic E-state index is 13.8. The molecular formula is C27H29BrFN3O4S. The van der Waals surface area contributed by atoms with Gasteiger partial charge in [-0.2, -0.15) is 0 Å². The molecule has 0 aliphatic heterocycles. The SMILES string of the molecule is CCNC(=O)C(Cc1ccccc1)N(Cc1ccc(Br)cc1)C(=O)CN(c1ccc(F)cc1)S(C)(=O)=O. The first-order chi connectivity index (χ1) is 17.6. The Morgan fingerprint density at radius 2 is 1.57 bits per heavy atom. The Kier molecular flexibility index (Phi) is 9.82. The first kappa shape index (κ1) is 28.3. The molecule has 0 spiro atoms. The minimum Gasteiger partial charge on any atom is -0.355 e. The fraction of sp³-hybridized carbons (Fsp3) is 0.259. The number of hydrogen-bond donors (Lipinski definition) is 1. The van der Waals surface area contributed by atoms with Crippen molar-refractivity contribution in [1.82, 2.24) is 10.2 Å². The van der Waals surface area contributed by atoms with Gasteiger partial charge in [0.05, 0.1) is 11.9 Å². The largest absolute Gasteiger partial charge is 0.355 e. The van der Waals surface area contributed by atoms with Crippen LogP contribution in [0, 0.1) is 5.82 Å². The van der Waals surface area contributed by atoms with Crippen LogP contribution in [-0.4, -0.2) is 50.5 Å². The number of nitrogens with one attached hydrogen (secondary N) is 1. The molecule has 0 saturated carbocycles. The van der Waals surface area contributed by atoms with Crippen molar-refractivity contribution >= 4 is 43.5 Å². The number of carbonyl (C=O) groups is 2. The van der Waals surface area contributed by atoms with Gasteiger partial charge in [0.15, 0.2) is 0 Å². The van der Waals surface area contributed by atoms with E-state index in [1.54, 1.807) is 6.92 Å². The molecule has 1 unspecified atom stereocenters. The van der Waals surface area contributed by atoms with Crippen molar-refractivity contribution in [2.75, 3.05) is 23.7 Å². The summed E-state index contributed by atoms with van der Waals surface area (Å²) in [5.74, 6) is -1.44. The summed E-state index contributed by atoms with van der Waals surface area (Å²) in [6, 6.07) is 20.6. The summed E-state index contributed by atoms with van der Waals surface area (Å²) in [6.45, 7) is 1.70. The highest BCUT2D eigenvalue weighted by Crippen LogP contribution is 2.21. The van der Waals surface area contributed by atoms with Crippen LogP contribution in [0.3, 0.4) is 0 Å². The van der Waals surface area contributed by atoms with Gasteiger partial charge in [0.25, 0.3) is 0 Å². The molecule has 0 heterocycles. The fourth-order valence-corrected chi connectivity index (χ4v) is 4.97. The zero-order valence-electron chi connectivity index (χ0n) is 20.6. The second kappa shape index (κ2) is 12.8. The van der Waals surface area contributed by atoms with E-state index in [9.17, 15) is 22.4 Å². The highest BCUT2D eigenvalue weighted by atomic mass is 79.9. The lowest BCUT2D eigenvalue weighted by atomic mass is 10.0. The van der Waals surface area contributed by atoms with Crippen LogP contribution in [0.2, 0.25) is 0 Å². The first-order valence-electron chi connectivity index (χ1n) is 11.7. The lowest BCUT2D eigenvalue weighted by molar-refractivity contribution is -0.140. The Labute approximate surface area is 225 Å². The second-order valence-corrected chi connectivity index (χ2v) is 11.3. The van der Waals surface area contributed by atoms with Gasteiger partial charge in [-0.05, 0) is 54.4 Å². The van der Waals surface area contributed by atoms with Crippen molar-refractivity contribution in [3.8, 4) is 0 Å². The number of rotatable bonds is 11. The maximum absolute atomic E-state index is 13.8. The normalized spacial score (nSPS) is 12.0. The molecule has 37 heavy (non-hydrogen) atoms. The van der Waals surface area contributed by atoms with Gasteiger partial charge in [0.1, 0.15) is 18.4 Å². The number of amides is 2. The van der Waals surface area contributed by atoms with Crippen molar-refractivity contribution in [2.45, 2.75) is 25.9 Å². The molecule has 1 N–H and O–H groups in total. The van der Waals surface area contributed by atoms with Gasteiger partial charge in [-0.25, -0.2) is 12.8 Å². The Morgan fingerprint density at radius 3 is 2.14 bits per heavy atom. The van der Waals surface area contributed by atoms with E-state index in [1.807, 2.05) is 54.6 Å². The van der Waals surface area contributed by atoms with Crippen molar-refractivity contribution < 1.29 is 22.4 Å². The third kappa shape index (κ3) is 8.13. The third-order valence-corrected chi connectivity index (χ3v) is 7.35. The fourth-order valence-electron chi connectivity index (χ4n) is 3.85. The first-order valence-corrected chi connectivity index (χ1v) is 14.3. The van der Waals surface area contributed by atoms with Gasteiger partial charge in [-0.3, -0.25) is 13.9 Å². The molecule has 0 aromatic heterocycles. The highest BCUT2D eigenvalue weighted by molar-refractivity contribution is 9.10. The van der Waals surface area contributed by atoms with E-state index in [0.717, 1.165) is 38.3 Å². The minimum absolute atomic E-state index is 0.0851. The third-order valence-electron chi connectivity index (χ3n) is 5.68. The number of carbonyl (C=O) groups excluding carboxylic acids is 2. The van der Waals surface area contributed by atoms with Crippen LogP contribution in [0.15, 0.2) is 83.3 Å². The average Bonchev–Trinajstić information content (AvgIpc) is 2.86. The number of likely N-dealkylation sites (N-methyl/N-ethyl adjacent to an activating group) is 1. The van der Waals surface area contributed by atoms with Gasteiger partial charge in [-0.1, -0.05) is 58.4 Å². The zero-order chi connectivity index (χ0) is 27.0. The van der Waals surface area contributed by atoms with Crippen LogP contribution in [0.1, 0.15) is 18.1 Å². The monoisotopic (exact) mass is 589 g/mol. The smallest absolute Gasteiger partial charge is 0.244 e. The maximum Gasteiger partial charge on any atom is 0.244 e. The molecule has 2 amide bonds.